The normalized spacial score (nSPS) is 33.9. The molecule has 6 aliphatic rings. The number of carbonyl (C=O) groups is 3. The van der Waals surface area contributed by atoms with Crippen molar-refractivity contribution in [2.24, 2.45) is 34.4 Å². The zero-order valence-electron chi connectivity index (χ0n) is 42.4. The number of aromatic hydroxyl groups is 1. The van der Waals surface area contributed by atoms with Crippen molar-refractivity contribution in [3.8, 4) is 28.2 Å². The second-order valence-electron chi connectivity index (χ2n) is 19.7. The second-order valence-corrected chi connectivity index (χ2v) is 22.0. The predicted molar refractivity (Wildman–Crippen MR) is 285 cm³/mol. The fourth-order valence-electron chi connectivity index (χ4n) is 9.97. The van der Waals surface area contributed by atoms with E-state index in [0.717, 1.165) is 0 Å². The first kappa shape index (κ1) is 60.4. The molecule has 4 heterocycles. The van der Waals surface area contributed by atoms with Crippen LogP contribution in [0.4, 0.5) is 5.69 Å². The van der Waals surface area contributed by atoms with Crippen molar-refractivity contribution < 1.29 is 88.1 Å². The van der Waals surface area contributed by atoms with E-state index in [2.05, 4.69) is 10.6 Å². The van der Waals surface area contributed by atoms with Gasteiger partial charge in [-0.1, -0.05) is 6.07 Å². The molecular formula is C50H68N8O19S2. The third-order valence-corrected chi connectivity index (χ3v) is 16.2. The number of rotatable bonds is 21. The highest BCUT2D eigenvalue weighted by molar-refractivity contribution is 8.00. The number of aliphatic hydroxyl groups is 6. The molecule has 2 aromatic rings. The Morgan fingerprint density at radius 3 is 1.95 bits per heavy atom. The molecule has 19 atom stereocenters. The van der Waals surface area contributed by atoms with Gasteiger partial charge in [-0.25, -0.2) is 4.79 Å². The number of hydrogen-bond acceptors (Lipinski definition) is 26. The highest BCUT2D eigenvalue weighted by Crippen LogP contribution is 2.43. The van der Waals surface area contributed by atoms with Crippen LogP contribution in [0, 0.1) is 0 Å². The van der Waals surface area contributed by atoms with E-state index < -0.39 is 128 Å². The SMILES string of the molecule is NCC1O[C@H](O[C@@H]2C(N)C[C@@H](N)C(O)[C@H]2OC2O[C@H](CSCCNC(=O)CCSCC(=O)Nc3ccc(-c4c5ccc(=O)cc-5oc5cc(O)ccc45)c(C(=O)O)c3)[C@H](O[C@H]3O[C@@H](CN)[C@@H](O)C(O)C3N)[C@@H]2O)C(N)[C@@H](O)[C@@H]1O. The van der Waals surface area contributed by atoms with Crippen LogP contribution in [0.1, 0.15) is 23.2 Å². The Labute approximate surface area is 459 Å². The lowest BCUT2D eigenvalue weighted by Crippen LogP contribution is -2.68. The summed E-state index contributed by atoms with van der Waals surface area (Å²) >= 11 is 2.47. The third-order valence-electron chi connectivity index (χ3n) is 14.2. The van der Waals surface area contributed by atoms with Gasteiger partial charge in [0, 0.05) is 89.7 Å². The van der Waals surface area contributed by atoms with Crippen LogP contribution < -0.4 is 50.5 Å². The number of phenolic OH excluding ortho intramolecular Hbond substituents is 1. The van der Waals surface area contributed by atoms with Crippen molar-refractivity contribution in [1.29, 1.82) is 0 Å². The number of benzene rings is 3. The van der Waals surface area contributed by atoms with Crippen molar-refractivity contribution in [3.05, 3.63) is 70.4 Å². The average Bonchev–Trinajstić information content (AvgIpc) is 3.87. The molecule has 0 aromatic heterocycles. The van der Waals surface area contributed by atoms with E-state index in [4.69, 9.17) is 67.2 Å². The fourth-order valence-corrected chi connectivity index (χ4v) is 11.6. The van der Waals surface area contributed by atoms with Gasteiger partial charge in [0.1, 0.15) is 78.1 Å². The van der Waals surface area contributed by atoms with E-state index in [9.17, 15) is 60.0 Å². The average molecular weight is 1150 g/mol. The molecule has 4 aliphatic heterocycles. The summed E-state index contributed by atoms with van der Waals surface area (Å²) in [6, 6.07) is 8.47. The van der Waals surface area contributed by atoms with E-state index in [0.29, 0.717) is 22.3 Å². The molecule has 79 heavy (non-hydrogen) atoms. The molecule has 1 saturated carbocycles. The molecule has 2 aliphatic carbocycles. The number of ether oxygens (including phenoxy) is 6. The van der Waals surface area contributed by atoms with Gasteiger partial charge in [0.25, 0.3) is 0 Å². The Morgan fingerprint density at radius 2 is 1.29 bits per heavy atom. The van der Waals surface area contributed by atoms with Crippen molar-refractivity contribution in [2.75, 3.05) is 48.0 Å². The fraction of sp³-hybridized carbons (Fsp3) is 0.560. The van der Waals surface area contributed by atoms with Gasteiger partial charge in [0.2, 0.25) is 11.8 Å². The monoisotopic (exact) mass is 1150 g/mol. The molecule has 22 N–H and O–H groups in total. The number of fused-ring (bicyclic) bond motifs is 2. The molecule has 434 valence electrons. The molecule has 0 spiro atoms. The predicted octanol–water partition coefficient (Wildman–Crippen LogP) is -3.99. The number of nitrogens with two attached hydrogens (primary N) is 6. The minimum atomic E-state index is -1.63. The molecule has 2 amide bonds. The summed E-state index contributed by atoms with van der Waals surface area (Å²) in [7, 11) is 0. The topological polar surface area (TPSA) is 479 Å². The van der Waals surface area contributed by atoms with Crippen LogP contribution in [0.3, 0.4) is 0 Å². The quantitative estimate of drug-likeness (QED) is 0.0279. The second kappa shape index (κ2) is 26.5. The summed E-state index contributed by atoms with van der Waals surface area (Å²) in [5, 5.41) is 91.8. The summed E-state index contributed by atoms with van der Waals surface area (Å²) in [5.74, 6) is -1.31. The lowest BCUT2D eigenvalue weighted by molar-refractivity contribution is -0.306. The molecule has 3 saturated heterocycles. The number of carboxylic acid groups (broad SMARTS) is 1. The van der Waals surface area contributed by atoms with Gasteiger partial charge < -0.3 is 119 Å². The summed E-state index contributed by atoms with van der Waals surface area (Å²) in [6.07, 6.45) is -20.3. The molecule has 8 rings (SSSR count). The lowest BCUT2D eigenvalue weighted by Gasteiger charge is -2.47. The van der Waals surface area contributed by atoms with E-state index in [1.165, 1.54) is 66.0 Å². The maximum Gasteiger partial charge on any atom is 0.336 e. The molecular weight excluding hydrogens is 1080 g/mol. The number of aromatic carboxylic acids is 1. The largest absolute Gasteiger partial charge is 0.508 e. The number of phenols is 1. The first-order valence-corrected chi connectivity index (χ1v) is 27.7. The third kappa shape index (κ3) is 13.6. The van der Waals surface area contributed by atoms with Gasteiger partial charge >= 0.3 is 5.97 Å². The Hall–Kier alpha value is -4.68. The van der Waals surface area contributed by atoms with Gasteiger partial charge in [0.05, 0.1) is 35.6 Å². The minimum Gasteiger partial charge on any atom is -0.508 e. The van der Waals surface area contributed by atoms with Crippen molar-refractivity contribution in [3.63, 3.8) is 0 Å². The standard InChI is InChI=1S/C50H68N8O19S2/c51-15-30-39(64)41(66)36(55)48(72-30)75-44-27(54)14-26(53)38(63)46(44)77-50-43(68)45(76-49-37(56)42(67)40(65)31(16-52)73-49)32(74-50)17-79-10-8-57-33(61)7-9-78-18-34(62)58-19-1-4-22(25(11-19)47(69)70)35-23-5-2-20(59)12-28(23)71-29-13-21(60)3-6-24(29)35/h1-6,11-13,26-27,30-32,36-46,48-50,59,63-68H,7-10,14-18,51-56H2,(H,57,61)(H,58,62)(H,69,70)/t26-,27?,30?,31+,32-,36?,37?,38?,39-,40-,41-,42?,43+,44-,45+,46-,48-,49-,50?/m1/s1. The van der Waals surface area contributed by atoms with Crippen molar-refractivity contribution in [1.82, 2.24) is 5.32 Å². The van der Waals surface area contributed by atoms with Gasteiger partial charge in [-0.2, -0.15) is 23.5 Å². The number of hydrogen-bond donors (Lipinski definition) is 16. The molecule has 27 nitrogen and oxygen atoms in total. The van der Waals surface area contributed by atoms with Crippen molar-refractivity contribution >= 4 is 58.0 Å². The highest BCUT2D eigenvalue weighted by Gasteiger charge is 2.54. The molecule has 0 bridgehead atoms. The van der Waals surface area contributed by atoms with Crippen LogP contribution in [-0.2, 0) is 38.0 Å². The Bertz CT molecular complexity index is 2790. The Balaban J connectivity index is 0.843. The van der Waals surface area contributed by atoms with Crippen LogP contribution in [0.25, 0.3) is 33.4 Å². The lowest BCUT2D eigenvalue weighted by atomic mass is 9.84. The minimum absolute atomic E-state index is 0.0420. The maximum atomic E-state index is 13.0. The highest BCUT2D eigenvalue weighted by atomic mass is 32.2. The molecule has 2 aromatic carbocycles. The van der Waals surface area contributed by atoms with E-state index in [-0.39, 0.29) is 95.0 Å². The summed E-state index contributed by atoms with van der Waals surface area (Å²) in [6.45, 7) is -0.222. The van der Waals surface area contributed by atoms with Crippen LogP contribution in [-0.4, -0.2) is 218 Å². The number of aliphatic hydroxyl groups excluding tert-OH is 6. The van der Waals surface area contributed by atoms with Crippen LogP contribution in [0.15, 0.2) is 63.8 Å². The number of nitrogens with one attached hydrogen (secondary N) is 2. The summed E-state index contributed by atoms with van der Waals surface area (Å²) < 4.78 is 42.3. The Kier molecular flexibility index (Phi) is 20.3. The van der Waals surface area contributed by atoms with E-state index in [1.807, 2.05) is 0 Å². The van der Waals surface area contributed by atoms with Gasteiger partial charge in [0.15, 0.2) is 24.3 Å². The number of thioether (sulfide) groups is 2. The number of anilines is 1. The van der Waals surface area contributed by atoms with Crippen LogP contribution in [0.5, 0.6) is 5.75 Å². The summed E-state index contributed by atoms with van der Waals surface area (Å²) in [5.41, 5.74) is 37.8. The molecule has 7 unspecified atom stereocenters. The smallest absolute Gasteiger partial charge is 0.336 e. The zero-order valence-corrected chi connectivity index (χ0v) is 44.0. The molecule has 4 fully saturated rings. The van der Waals surface area contributed by atoms with Crippen LogP contribution in [0.2, 0.25) is 0 Å². The van der Waals surface area contributed by atoms with Gasteiger partial charge in [-0.05, 0) is 48.4 Å². The first-order valence-electron chi connectivity index (χ1n) is 25.4. The van der Waals surface area contributed by atoms with Crippen LogP contribution >= 0.6 is 23.5 Å². The van der Waals surface area contributed by atoms with Crippen molar-refractivity contribution in [2.45, 2.75) is 129 Å². The molecule has 29 heteroatoms. The van der Waals surface area contributed by atoms with Gasteiger partial charge in [-0.3, -0.25) is 14.4 Å². The number of carbonyl (C=O) groups excluding carboxylic acids is 2. The van der Waals surface area contributed by atoms with E-state index >= 15 is 0 Å². The van der Waals surface area contributed by atoms with E-state index in [1.54, 1.807) is 12.1 Å². The molecule has 0 radical (unpaired) electrons. The number of carboxylic acids is 1. The number of amides is 2. The maximum absolute atomic E-state index is 13.0. The first-order chi connectivity index (χ1) is 37.7. The summed E-state index contributed by atoms with van der Waals surface area (Å²) in [4.78, 5) is 50.7. The van der Waals surface area contributed by atoms with Gasteiger partial charge in [-0.15, -0.1) is 0 Å². The Morgan fingerprint density at radius 1 is 0.658 bits per heavy atom. The zero-order chi connectivity index (χ0) is 57.0.